The van der Waals surface area contributed by atoms with Crippen molar-refractivity contribution < 1.29 is 39.0 Å². The van der Waals surface area contributed by atoms with Gasteiger partial charge in [-0.1, -0.05) is 56.0 Å². The molecule has 35 heavy (non-hydrogen) atoms. The van der Waals surface area contributed by atoms with Gasteiger partial charge in [0.1, 0.15) is 0 Å². The fraction of sp³-hybridized carbons (Fsp3) is 0.0357. The zero-order valence-electron chi connectivity index (χ0n) is 17.7. The van der Waals surface area contributed by atoms with Gasteiger partial charge in [-0.2, -0.15) is 0 Å². The van der Waals surface area contributed by atoms with Crippen molar-refractivity contribution in [3.63, 3.8) is 0 Å². The molecule has 0 saturated heterocycles. The maximum atomic E-state index is 7.50. The van der Waals surface area contributed by atoms with Crippen LogP contribution in [-0.2, 0) is 39.0 Å². The van der Waals surface area contributed by atoms with Crippen LogP contribution in [0.1, 0.15) is 7.43 Å². The zero-order valence-corrected chi connectivity index (χ0v) is 20.4. The first-order valence-electron chi connectivity index (χ1n) is 9.07. The van der Waals surface area contributed by atoms with Crippen molar-refractivity contribution in [2.45, 2.75) is 7.43 Å². The van der Waals surface area contributed by atoms with Gasteiger partial charge in [0.2, 0.25) is 0 Å². The zero-order chi connectivity index (χ0) is 24.9. The van der Waals surface area contributed by atoms with E-state index in [1.165, 1.54) is 0 Å². The van der Waals surface area contributed by atoms with Crippen LogP contribution in [0.4, 0.5) is 17.1 Å². The summed E-state index contributed by atoms with van der Waals surface area (Å²) >= 11 is 0. The van der Waals surface area contributed by atoms with E-state index in [2.05, 4.69) is 103 Å². The minimum atomic E-state index is 0. The Morgan fingerprint density at radius 3 is 1.40 bits per heavy atom. The summed E-state index contributed by atoms with van der Waals surface area (Å²) in [5, 5.41) is 0. The van der Waals surface area contributed by atoms with Crippen LogP contribution in [0.25, 0.3) is 11.3 Å². The molecule has 4 aromatic rings. The van der Waals surface area contributed by atoms with E-state index < -0.39 is 0 Å². The first-order valence-corrected chi connectivity index (χ1v) is 9.07. The van der Waals surface area contributed by atoms with Crippen LogP contribution in [0.3, 0.4) is 0 Å². The number of aromatic nitrogens is 1. The predicted octanol–water partition coefficient (Wildman–Crippen LogP) is 6.50. The average molecular weight is 636 g/mol. The predicted molar refractivity (Wildman–Crippen MR) is 126 cm³/mol. The molecule has 6 nitrogen and oxygen atoms in total. The molecule has 0 saturated carbocycles. The molecular formula is C28H21N2O4Re-. The monoisotopic (exact) mass is 636 g/mol. The van der Waals surface area contributed by atoms with Crippen molar-refractivity contribution in [1.29, 1.82) is 0 Å². The Balaban J connectivity index is -0.000000935. The van der Waals surface area contributed by atoms with Gasteiger partial charge in [0.25, 0.3) is 0 Å². The van der Waals surface area contributed by atoms with Crippen LogP contribution < -0.4 is 4.90 Å². The first kappa shape index (κ1) is 35.8. The van der Waals surface area contributed by atoms with E-state index in [-0.39, 0.29) is 27.8 Å². The quantitative estimate of drug-likeness (QED) is 0.189. The number of benzene rings is 3. The second kappa shape index (κ2) is 23.4. The van der Waals surface area contributed by atoms with Gasteiger partial charge in [0.05, 0.1) is 0 Å². The topological polar surface area (TPSA) is 95.7 Å². The van der Waals surface area contributed by atoms with Crippen LogP contribution in [0.15, 0.2) is 103 Å². The Morgan fingerprint density at radius 2 is 1.03 bits per heavy atom. The first-order chi connectivity index (χ1) is 16.4. The molecule has 0 aliphatic rings. The minimum Gasteiger partial charge on any atom is -0.352 e. The maximum absolute atomic E-state index is 7.50. The number of anilines is 3. The molecule has 0 fully saturated rings. The Hall–Kier alpha value is -3.77. The van der Waals surface area contributed by atoms with Gasteiger partial charge in [-0.15, -0.1) is 29.8 Å². The molecule has 7 heteroatoms. The number of hydrogen-bond acceptors (Lipinski definition) is 2. The molecule has 0 unspecified atom stereocenters. The molecule has 0 aliphatic carbocycles. The van der Waals surface area contributed by atoms with Crippen molar-refractivity contribution in [2.24, 2.45) is 0 Å². The van der Waals surface area contributed by atoms with Crippen LogP contribution in [0, 0.1) is 32.7 Å². The van der Waals surface area contributed by atoms with Crippen molar-refractivity contribution in [3.8, 4) is 11.3 Å². The van der Waals surface area contributed by atoms with Gasteiger partial charge >= 0.3 is 45.2 Å². The molecule has 0 atom stereocenters. The standard InChI is InChI=1S/C23H17N2.4CO.CH4.Re/c1-3-9-20(10-4-1)25(21-11-5-2-6-12-21)22-16-14-19(15-17-22)23-13-7-8-18-24-23;4*1-2;;/h1-14,16-18H;;;;;1H4;/q-1;;;;;;. The molecule has 175 valence electrons. The largest absolute Gasteiger partial charge is 0.352 e. The van der Waals surface area contributed by atoms with E-state index in [4.69, 9.17) is 18.6 Å². The average Bonchev–Trinajstić information content (AvgIpc) is 2.95. The third kappa shape index (κ3) is 11.3. The molecule has 4 rings (SSSR count). The van der Waals surface area contributed by atoms with Crippen molar-refractivity contribution in [3.05, 3.63) is 136 Å². The maximum Gasteiger partial charge on any atom is 0.0371 e. The summed E-state index contributed by atoms with van der Waals surface area (Å²) < 4.78 is 30.0. The molecule has 0 bridgehead atoms. The van der Waals surface area contributed by atoms with Crippen LogP contribution in [0.5, 0.6) is 0 Å². The van der Waals surface area contributed by atoms with Gasteiger partial charge in [0, 0.05) is 38.0 Å². The minimum absolute atomic E-state index is 0. The van der Waals surface area contributed by atoms with Crippen LogP contribution >= 0.6 is 0 Å². The SMILES string of the molecule is C.[C-]#[O+].[C-]#[O+].[C-]#[O+].[C-]#[O+].[Re].[c-]1cc(N(c2ccccc2)c2ccccc2)ccc1-c1ccccn1. The van der Waals surface area contributed by atoms with E-state index in [1.807, 2.05) is 36.4 Å². The second-order valence-electron chi connectivity index (χ2n) is 5.68. The summed E-state index contributed by atoms with van der Waals surface area (Å²) in [5.74, 6) is 0. The molecule has 1 heterocycles. The van der Waals surface area contributed by atoms with Crippen molar-refractivity contribution in [1.82, 2.24) is 4.98 Å². The van der Waals surface area contributed by atoms with Crippen LogP contribution in [0.2, 0.25) is 0 Å². The Labute approximate surface area is 220 Å². The molecule has 0 aliphatic heterocycles. The number of para-hydroxylation sites is 2. The summed E-state index contributed by atoms with van der Waals surface area (Å²) in [7, 11) is 0. The van der Waals surface area contributed by atoms with E-state index >= 15 is 0 Å². The number of pyridine rings is 1. The summed E-state index contributed by atoms with van der Waals surface area (Å²) in [5.41, 5.74) is 5.22. The smallest absolute Gasteiger partial charge is 0.0371 e. The van der Waals surface area contributed by atoms with Gasteiger partial charge in [-0.25, -0.2) is 0 Å². The number of hydrogen-bond donors (Lipinski definition) is 0. The van der Waals surface area contributed by atoms with E-state index in [0.29, 0.717) is 0 Å². The summed E-state index contributed by atoms with van der Waals surface area (Å²) in [4.78, 5) is 6.62. The second-order valence-corrected chi connectivity index (χ2v) is 5.68. The summed E-state index contributed by atoms with van der Waals surface area (Å²) in [6, 6.07) is 36.2. The van der Waals surface area contributed by atoms with E-state index in [1.54, 1.807) is 6.20 Å². The third-order valence-electron chi connectivity index (χ3n) is 4.02. The van der Waals surface area contributed by atoms with Gasteiger partial charge in [-0.05, 0) is 41.7 Å². The normalized spacial score (nSPS) is 7.66. The number of rotatable bonds is 4. The summed E-state index contributed by atoms with van der Waals surface area (Å²) in [6.07, 6.45) is 1.80. The molecule has 0 spiro atoms. The Kier molecular flexibility index (Phi) is 23.9. The third-order valence-corrected chi connectivity index (χ3v) is 4.02. The molecule has 1 aromatic heterocycles. The fourth-order valence-electron chi connectivity index (χ4n) is 2.84. The molecule has 0 amide bonds. The Morgan fingerprint density at radius 1 is 0.571 bits per heavy atom. The van der Waals surface area contributed by atoms with E-state index in [9.17, 15) is 0 Å². The van der Waals surface area contributed by atoms with Gasteiger partial charge < -0.3 is 9.88 Å². The molecule has 3 aromatic carbocycles. The van der Waals surface area contributed by atoms with Crippen molar-refractivity contribution >= 4 is 17.1 Å². The molecular weight excluding hydrogens is 615 g/mol. The van der Waals surface area contributed by atoms with Gasteiger partial charge in [0.15, 0.2) is 0 Å². The Bertz CT molecular complexity index is 1050. The molecule has 1 radical (unpaired) electrons. The van der Waals surface area contributed by atoms with Crippen molar-refractivity contribution in [2.75, 3.05) is 4.90 Å². The van der Waals surface area contributed by atoms with Gasteiger partial charge in [-0.3, -0.25) is 0 Å². The van der Waals surface area contributed by atoms with E-state index in [0.717, 1.165) is 28.3 Å². The van der Waals surface area contributed by atoms with Crippen LogP contribution in [-0.4, -0.2) is 4.98 Å². The summed E-state index contributed by atoms with van der Waals surface area (Å²) in [6.45, 7) is 18.0. The molecule has 0 N–H and O–H groups in total. The number of nitrogens with zero attached hydrogens (tertiary/aromatic N) is 2. The fourth-order valence-corrected chi connectivity index (χ4v) is 2.84.